The van der Waals surface area contributed by atoms with Gasteiger partial charge >= 0.3 is 5.91 Å². The zero-order valence-corrected chi connectivity index (χ0v) is 10.1. The van der Waals surface area contributed by atoms with E-state index in [1.54, 1.807) is 0 Å². The Balaban J connectivity index is 2.61. The van der Waals surface area contributed by atoms with E-state index in [0.717, 1.165) is 13.0 Å². The Bertz CT molecular complexity index is 226. The Morgan fingerprint density at radius 1 is 1.56 bits per heavy atom. The lowest BCUT2D eigenvalue weighted by Gasteiger charge is -2.34. The molecule has 0 radical (unpaired) electrons. The number of nitrogens with zero attached hydrogens (tertiary/aromatic N) is 1. The van der Waals surface area contributed by atoms with Crippen molar-refractivity contribution in [1.29, 1.82) is 0 Å². The highest BCUT2D eigenvalue weighted by Gasteiger charge is 2.44. The molecule has 2 unspecified atom stereocenters. The minimum atomic E-state index is -0.290. The second kappa shape index (κ2) is 6.30. The summed E-state index contributed by atoms with van der Waals surface area (Å²) in [4.78, 5) is 11.8. The van der Waals surface area contributed by atoms with E-state index in [1.807, 2.05) is 14.0 Å². The van der Waals surface area contributed by atoms with Crippen LogP contribution < -0.4 is 0 Å². The number of likely N-dealkylation sites (N-methyl/N-ethyl adjacent to an activating group) is 1. The fraction of sp³-hybridized carbons (Fsp3) is 0.909. The molecular formula is C11H22NO4+. The second-order valence-corrected chi connectivity index (χ2v) is 4.20. The monoisotopic (exact) mass is 232 g/mol. The molecule has 0 bridgehead atoms. The van der Waals surface area contributed by atoms with Gasteiger partial charge in [0.25, 0.3) is 0 Å². The van der Waals surface area contributed by atoms with Gasteiger partial charge in [0.05, 0.1) is 33.2 Å². The summed E-state index contributed by atoms with van der Waals surface area (Å²) in [5.41, 5.74) is 0. The van der Waals surface area contributed by atoms with E-state index in [-0.39, 0.29) is 29.8 Å². The molecule has 1 amide bonds. The first-order valence-corrected chi connectivity index (χ1v) is 5.84. The van der Waals surface area contributed by atoms with E-state index < -0.39 is 0 Å². The van der Waals surface area contributed by atoms with Gasteiger partial charge in [-0.05, 0) is 6.92 Å². The van der Waals surface area contributed by atoms with Gasteiger partial charge in [-0.15, -0.1) is 0 Å². The fourth-order valence-electron chi connectivity index (χ4n) is 2.03. The van der Waals surface area contributed by atoms with Crippen LogP contribution in [0.2, 0.25) is 0 Å². The van der Waals surface area contributed by atoms with Crippen LogP contribution in [0.1, 0.15) is 19.8 Å². The van der Waals surface area contributed by atoms with Crippen LogP contribution in [-0.4, -0.2) is 61.7 Å². The van der Waals surface area contributed by atoms with Gasteiger partial charge in [0, 0.05) is 13.0 Å². The molecule has 1 rings (SSSR count). The Morgan fingerprint density at radius 2 is 2.31 bits per heavy atom. The van der Waals surface area contributed by atoms with Crippen LogP contribution in [0.5, 0.6) is 0 Å². The molecule has 1 fully saturated rings. The molecule has 0 aliphatic carbocycles. The molecule has 0 aromatic heterocycles. The standard InChI is InChI=1S/C11H22NO4/c1-3-15-9-11(16-8-7-13)12(2)6-4-5-10(12)14/h11,13H,3-9H2,1-2H3/q+1. The zero-order chi connectivity index (χ0) is 12.0. The lowest BCUT2D eigenvalue weighted by Crippen LogP contribution is -2.56. The normalized spacial score (nSPS) is 27.3. The van der Waals surface area contributed by atoms with Crippen molar-refractivity contribution in [3.05, 3.63) is 0 Å². The van der Waals surface area contributed by atoms with Gasteiger partial charge in [-0.25, -0.2) is 9.28 Å². The smallest absolute Gasteiger partial charge is 0.315 e. The van der Waals surface area contributed by atoms with Gasteiger partial charge in [0.15, 0.2) is 0 Å². The first-order chi connectivity index (χ1) is 7.65. The van der Waals surface area contributed by atoms with Crippen molar-refractivity contribution in [2.24, 2.45) is 0 Å². The van der Waals surface area contributed by atoms with Gasteiger partial charge in [-0.1, -0.05) is 0 Å². The lowest BCUT2D eigenvalue weighted by atomic mass is 10.4. The number of quaternary nitrogens is 1. The molecule has 1 N–H and O–H groups in total. The van der Waals surface area contributed by atoms with E-state index in [4.69, 9.17) is 14.6 Å². The van der Waals surface area contributed by atoms with Crippen LogP contribution >= 0.6 is 0 Å². The number of likely N-dealkylation sites (tertiary alicyclic amines) is 1. The number of hydrogen-bond acceptors (Lipinski definition) is 4. The molecule has 1 aliphatic heterocycles. The van der Waals surface area contributed by atoms with E-state index in [1.165, 1.54) is 0 Å². The highest BCUT2D eigenvalue weighted by atomic mass is 16.6. The van der Waals surface area contributed by atoms with Gasteiger partial charge in [-0.3, -0.25) is 0 Å². The third-order valence-corrected chi connectivity index (χ3v) is 3.08. The Morgan fingerprint density at radius 3 is 2.81 bits per heavy atom. The number of ether oxygens (including phenoxy) is 2. The summed E-state index contributed by atoms with van der Waals surface area (Å²) in [5.74, 6) is 0.197. The fourth-order valence-corrected chi connectivity index (χ4v) is 2.03. The topological polar surface area (TPSA) is 55.8 Å². The van der Waals surface area contributed by atoms with Crippen LogP contribution in [-0.2, 0) is 14.3 Å². The average molecular weight is 232 g/mol. The molecule has 1 saturated heterocycles. The van der Waals surface area contributed by atoms with Crippen LogP contribution in [0, 0.1) is 0 Å². The Kier molecular flexibility index (Phi) is 5.34. The van der Waals surface area contributed by atoms with Crippen molar-refractivity contribution in [1.82, 2.24) is 0 Å². The molecular weight excluding hydrogens is 210 g/mol. The average Bonchev–Trinajstić information content (AvgIpc) is 2.60. The lowest BCUT2D eigenvalue weighted by molar-refractivity contribution is -0.878. The van der Waals surface area contributed by atoms with Crippen LogP contribution in [0.25, 0.3) is 0 Å². The van der Waals surface area contributed by atoms with E-state index in [9.17, 15) is 4.79 Å². The molecule has 0 spiro atoms. The number of rotatable bonds is 7. The van der Waals surface area contributed by atoms with Crippen molar-refractivity contribution in [3.63, 3.8) is 0 Å². The number of carbonyl (C=O) groups excluding carboxylic acids is 1. The maximum Gasteiger partial charge on any atom is 0.315 e. The van der Waals surface area contributed by atoms with Gasteiger partial charge < -0.3 is 14.6 Å². The number of aliphatic hydroxyl groups is 1. The number of aliphatic hydroxyl groups excluding tert-OH is 1. The highest BCUT2D eigenvalue weighted by molar-refractivity contribution is 5.70. The zero-order valence-electron chi connectivity index (χ0n) is 10.1. The van der Waals surface area contributed by atoms with E-state index in [2.05, 4.69) is 0 Å². The van der Waals surface area contributed by atoms with Crippen molar-refractivity contribution in [3.8, 4) is 0 Å². The predicted octanol–water partition coefficient (Wildman–Crippen LogP) is 0.125. The van der Waals surface area contributed by atoms with Crippen molar-refractivity contribution < 1.29 is 23.9 Å². The second-order valence-electron chi connectivity index (χ2n) is 4.20. The summed E-state index contributed by atoms with van der Waals surface area (Å²) in [6.45, 7) is 3.93. The first-order valence-electron chi connectivity index (χ1n) is 5.84. The number of amides is 1. The maximum atomic E-state index is 11.8. The van der Waals surface area contributed by atoms with E-state index in [0.29, 0.717) is 19.6 Å². The Hall–Kier alpha value is -0.490. The van der Waals surface area contributed by atoms with Crippen LogP contribution in [0.15, 0.2) is 0 Å². The SMILES string of the molecule is CCOCC(OCCO)[N+]1(C)CCCC1=O. The Labute approximate surface area is 96.5 Å². The predicted molar refractivity (Wildman–Crippen MR) is 58.6 cm³/mol. The van der Waals surface area contributed by atoms with Crippen molar-refractivity contribution in [2.75, 3.05) is 40.0 Å². The van der Waals surface area contributed by atoms with Crippen LogP contribution in [0.4, 0.5) is 0 Å². The molecule has 16 heavy (non-hydrogen) atoms. The first kappa shape index (κ1) is 13.6. The van der Waals surface area contributed by atoms with Gasteiger partial charge in [0.2, 0.25) is 6.23 Å². The third kappa shape index (κ3) is 3.01. The molecule has 1 aliphatic rings. The molecule has 0 saturated carbocycles. The van der Waals surface area contributed by atoms with Crippen molar-refractivity contribution >= 4 is 5.91 Å². The summed E-state index contributed by atoms with van der Waals surface area (Å²) >= 11 is 0. The summed E-state index contributed by atoms with van der Waals surface area (Å²) < 4.78 is 11.1. The number of hydrogen-bond donors (Lipinski definition) is 1. The van der Waals surface area contributed by atoms with Crippen LogP contribution in [0.3, 0.4) is 0 Å². The minimum Gasteiger partial charge on any atom is -0.394 e. The van der Waals surface area contributed by atoms with Gasteiger partial charge in [-0.2, -0.15) is 0 Å². The van der Waals surface area contributed by atoms with Gasteiger partial charge in [0.1, 0.15) is 6.61 Å². The van der Waals surface area contributed by atoms with Crippen molar-refractivity contribution in [2.45, 2.75) is 26.0 Å². The molecule has 94 valence electrons. The molecule has 1 heterocycles. The molecule has 5 heteroatoms. The molecule has 2 atom stereocenters. The largest absolute Gasteiger partial charge is 0.394 e. The quantitative estimate of drug-likeness (QED) is 0.634. The molecule has 5 nitrogen and oxygen atoms in total. The molecule has 0 aromatic rings. The van der Waals surface area contributed by atoms with E-state index >= 15 is 0 Å². The third-order valence-electron chi connectivity index (χ3n) is 3.08. The summed E-state index contributed by atoms with van der Waals surface area (Å²) in [6, 6.07) is 0. The summed E-state index contributed by atoms with van der Waals surface area (Å²) in [5, 5.41) is 8.78. The summed E-state index contributed by atoms with van der Waals surface area (Å²) in [7, 11) is 1.89. The maximum absolute atomic E-state index is 11.8. The minimum absolute atomic E-state index is 0.0309. The highest BCUT2D eigenvalue weighted by Crippen LogP contribution is 2.23. The number of carbonyl (C=O) groups is 1. The summed E-state index contributed by atoms with van der Waals surface area (Å²) in [6.07, 6.45) is 1.23. The molecule has 0 aromatic carbocycles.